The van der Waals surface area contributed by atoms with Crippen molar-refractivity contribution in [1.29, 1.82) is 0 Å². The summed E-state index contributed by atoms with van der Waals surface area (Å²) in [4.78, 5) is 13.7. The number of carbonyl (C=O) groups is 1. The average molecular weight is 301 g/mol. The van der Waals surface area contributed by atoms with Crippen molar-refractivity contribution >= 4 is 18.3 Å². The molecule has 0 radical (unpaired) electrons. The van der Waals surface area contributed by atoms with E-state index in [-0.39, 0.29) is 18.3 Å². The monoisotopic (exact) mass is 300 g/mol. The minimum Gasteiger partial charge on any atom is -0.496 e. The molecule has 0 aromatic heterocycles. The molecule has 0 aliphatic rings. The summed E-state index contributed by atoms with van der Waals surface area (Å²) >= 11 is 0. The number of nitrogens with zero attached hydrogens (tertiary/aromatic N) is 1. The average Bonchev–Trinajstić information content (AvgIpc) is 2.39. The standard InChI is InChI=1S/C15H24N2O2.ClH/c1-12-10-13(7-8-14(12)19-4)11-17(3)15(18)6-5-9-16-2;/h7-8,10,16H,5-6,9,11H2,1-4H3;1H. The second-order valence-electron chi connectivity index (χ2n) is 4.76. The molecule has 1 aromatic rings. The molecule has 5 heteroatoms. The van der Waals surface area contributed by atoms with Gasteiger partial charge in [-0.2, -0.15) is 0 Å². The van der Waals surface area contributed by atoms with Gasteiger partial charge in [0.15, 0.2) is 0 Å². The molecular formula is C15H25ClN2O2. The molecule has 0 fully saturated rings. The fourth-order valence-corrected chi connectivity index (χ4v) is 2.01. The van der Waals surface area contributed by atoms with E-state index in [9.17, 15) is 4.79 Å². The van der Waals surface area contributed by atoms with Crippen molar-refractivity contribution in [3.05, 3.63) is 29.3 Å². The van der Waals surface area contributed by atoms with E-state index in [1.165, 1.54) is 0 Å². The molecule has 1 N–H and O–H groups in total. The molecule has 0 heterocycles. The van der Waals surface area contributed by atoms with Crippen LogP contribution in [0.15, 0.2) is 18.2 Å². The Kier molecular flexibility index (Phi) is 9.01. The number of carbonyl (C=O) groups excluding carboxylic acids is 1. The van der Waals surface area contributed by atoms with Crippen molar-refractivity contribution in [2.75, 3.05) is 27.7 Å². The van der Waals surface area contributed by atoms with E-state index in [0.717, 1.165) is 29.8 Å². The van der Waals surface area contributed by atoms with Gasteiger partial charge in [0.05, 0.1) is 7.11 Å². The van der Waals surface area contributed by atoms with E-state index in [4.69, 9.17) is 4.74 Å². The summed E-state index contributed by atoms with van der Waals surface area (Å²) in [5, 5.41) is 3.05. The summed E-state index contributed by atoms with van der Waals surface area (Å²) < 4.78 is 5.23. The molecule has 0 spiro atoms. The first kappa shape index (κ1) is 18.7. The molecule has 4 nitrogen and oxygen atoms in total. The molecule has 0 aliphatic carbocycles. The Balaban J connectivity index is 0.00000361. The number of nitrogens with one attached hydrogen (secondary N) is 1. The lowest BCUT2D eigenvalue weighted by atomic mass is 10.1. The zero-order valence-electron chi connectivity index (χ0n) is 12.7. The number of ether oxygens (including phenoxy) is 1. The Bertz CT molecular complexity index is 424. The van der Waals surface area contributed by atoms with Gasteiger partial charge >= 0.3 is 0 Å². The van der Waals surface area contributed by atoms with Crippen LogP contribution in [0.5, 0.6) is 5.75 Å². The van der Waals surface area contributed by atoms with Crippen LogP contribution >= 0.6 is 12.4 Å². The quantitative estimate of drug-likeness (QED) is 0.786. The van der Waals surface area contributed by atoms with Crippen LogP contribution in [0.1, 0.15) is 24.0 Å². The van der Waals surface area contributed by atoms with E-state index in [1.54, 1.807) is 12.0 Å². The van der Waals surface area contributed by atoms with Crippen molar-refractivity contribution in [1.82, 2.24) is 10.2 Å². The zero-order chi connectivity index (χ0) is 14.3. The molecule has 0 saturated carbocycles. The van der Waals surface area contributed by atoms with Crippen LogP contribution < -0.4 is 10.1 Å². The Morgan fingerprint density at radius 1 is 1.40 bits per heavy atom. The van der Waals surface area contributed by atoms with Gasteiger partial charge in [0.1, 0.15) is 5.75 Å². The number of rotatable bonds is 7. The lowest BCUT2D eigenvalue weighted by Crippen LogP contribution is -2.26. The van der Waals surface area contributed by atoms with Crippen LogP contribution in [-0.4, -0.2) is 38.6 Å². The van der Waals surface area contributed by atoms with Crippen LogP contribution in [0.2, 0.25) is 0 Å². The first-order chi connectivity index (χ1) is 9.08. The maximum atomic E-state index is 11.9. The molecular weight excluding hydrogens is 276 g/mol. The van der Waals surface area contributed by atoms with Gasteiger partial charge < -0.3 is 15.0 Å². The fraction of sp³-hybridized carbons (Fsp3) is 0.533. The number of amides is 1. The maximum Gasteiger partial charge on any atom is 0.222 e. The number of benzene rings is 1. The number of methoxy groups -OCH3 is 1. The highest BCUT2D eigenvalue weighted by Gasteiger charge is 2.09. The van der Waals surface area contributed by atoms with Gasteiger partial charge in [-0.25, -0.2) is 0 Å². The van der Waals surface area contributed by atoms with Gasteiger partial charge in [0.2, 0.25) is 5.91 Å². The van der Waals surface area contributed by atoms with Gasteiger partial charge in [-0.15, -0.1) is 12.4 Å². The predicted octanol–water partition coefficient (Wildman–Crippen LogP) is 2.38. The molecule has 20 heavy (non-hydrogen) atoms. The van der Waals surface area contributed by atoms with E-state index < -0.39 is 0 Å². The summed E-state index contributed by atoms with van der Waals surface area (Å²) in [6, 6.07) is 6.02. The van der Waals surface area contributed by atoms with E-state index in [2.05, 4.69) is 11.4 Å². The third-order valence-corrected chi connectivity index (χ3v) is 3.12. The van der Waals surface area contributed by atoms with Crippen LogP contribution in [0.25, 0.3) is 0 Å². The third kappa shape index (κ3) is 5.80. The van der Waals surface area contributed by atoms with Crippen LogP contribution in [0.4, 0.5) is 0 Å². The Hall–Kier alpha value is -1.26. The first-order valence-corrected chi connectivity index (χ1v) is 6.60. The van der Waals surface area contributed by atoms with E-state index >= 15 is 0 Å². The highest BCUT2D eigenvalue weighted by molar-refractivity contribution is 5.85. The normalized spacial score (nSPS) is 9.80. The van der Waals surface area contributed by atoms with Crippen LogP contribution in [-0.2, 0) is 11.3 Å². The SMILES string of the molecule is CNCCCC(=O)N(C)Cc1ccc(OC)c(C)c1.Cl. The summed E-state index contributed by atoms with van der Waals surface area (Å²) in [5.41, 5.74) is 2.22. The number of hydrogen-bond acceptors (Lipinski definition) is 3. The number of halogens is 1. The van der Waals surface area contributed by atoms with E-state index in [0.29, 0.717) is 13.0 Å². The fourth-order valence-electron chi connectivity index (χ4n) is 2.01. The highest BCUT2D eigenvalue weighted by Crippen LogP contribution is 2.19. The van der Waals surface area contributed by atoms with E-state index in [1.807, 2.05) is 33.2 Å². The molecule has 0 atom stereocenters. The highest BCUT2D eigenvalue weighted by atomic mass is 35.5. The number of aryl methyl sites for hydroxylation is 1. The van der Waals surface area contributed by atoms with Gasteiger partial charge in [0.25, 0.3) is 0 Å². The second kappa shape index (κ2) is 9.61. The minimum atomic E-state index is 0. The van der Waals surface area contributed by atoms with Crippen molar-refractivity contribution in [3.8, 4) is 5.75 Å². The van der Waals surface area contributed by atoms with Gasteiger partial charge in [0, 0.05) is 20.0 Å². The summed E-state index contributed by atoms with van der Waals surface area (Å²) in [6.07, 6.45) is 1.47. The van der Waals surface area contributed by atoms with Crippen molar-refractivity contribution in [2.24, 2.45) is 0 Å². The molecule has 114 valence electrons. The van der Waals surface area contributed by atoms with Crippen LogP contribution in [0, 0.1) is 6.92 Å². The van der Waals surface area contributed by atoms with Crippen molar-refractivity contribution in [3.63, 3.8) is 0 Å². The maximum absolute atomic E-state index is 11.9. The molecule has 0 bridgehead atoms. The molecule has 0 unspecified atom stereocenters. The molecule has 0 saturated heterocycles. The second-order valence-corrected chi connectivity index (χ2v) is 4.76. The smallest absolute Gasteiger partial charge is 0.222 e. The molecule has 0 aliphatic heterocycles. The lowest BCUT2D eigenvalue weighted by molar-refractivity contribution is -0.130. The van der Waals surface area contributed by atoms with Gasteiger partial charge in [-0.3, -0.25) is 4.79 Å². The van der Waals surface area contributed by atoms with Crippen LogP contribution in [0.3, 0.4) is 0 Å². The van der Waals surface area contributed by atoms with Gasteiger partial charge in [-0.05, 0) is 44.1 Å². The predicted molar refractivity (Wildman–Crippen MR) is 84.6 cm³/mol. The Morgan fingerprint density at radius 2 is 2.10 bits per heavy atom. The summed E-state index contributed by atoms with van der Waals surface area (Å²) in [5.74, 6) is 1.07. The topological polar surface area (TPSA) is 41.6 Å². The summed E-state index contributed by atoms with van der Waals surface area (Å²) in [7, 11) is 5.41. The zero-order valence-corrected chi connectivity index (χ0v) is 13.5. The van der Waals surface area contributed by atoms with Crippen molar-refractivity contribution < 1.29 is 9.53 Å². The summed E-state index contributed by atoms with van der Waals surface area (Å²) in [6.45, 7) is 3.53. The lowest BCUT2D eigenvalue weighted by Gasteiger charge is -2.18. The Morgan fingerprint density at radius 3 is 2.65 bits per heavy atom. The molecule has 1 amide bonds. The van der Waals surface area contributed by atoms with Gasteiger partial charge in [-0.1, -0.05) is 12.1 Å². The molecule has 1 aromatic carbocycles. The third-order valence-electron chi connectivity index (χ3n) is 3.12. The largest absolute Gasteiger partial charge is 0.496 e. The van der Waals surface area contributed by atoms with Crippen molar-refractivity contribution in [2.45, 2.75) is 26.3 Å². The molecule has 1 rings (SSSR count). The minimum absolute atomic E-state index is 0. The number of hydrogen-bond donors (Lipinski definition) is 1. The first-order valence-electron chi connectivity index (χ1n) is 6.60. The Labute approximate surface area is 127 Å².